The Morgan fingerprint density at radius 2 is 1.86 bits per heavy atom. The highest BCUT2D eigenvalue weighted by Gasteiger charge is 2.21. The molecule has 2 atom stereocenters. The van der Waals surface area contributed by atoms with Gasteiger partial charge < -0.3 is 14.6 Å². The monoisotopic (exact) mass is 393 g/mol. The molecule has 4 rings (SSSR count). The van der Waals surface area contributed by atoms with Crippen LogP contribution in [0.1, 0.15) is 13.8 Å². The molecule has 0 aliphatic carbocycles. The molecule has 1 aliphatic heterocycles. The number of aromatic amines is 1. The number of ether oxygens (including phenoxy) is 2. The zero-order chi connectivity index (χ0) is 20.2. The number of benzene rings is 2. The largest absolute Gasteiger partial charge is 0.507 e. The van der Waals surface area contributed by atoms with Crippen LogP contribution in [0.3, 0.4) is 0 Å². The highest BCUT2D eigenvalue weighted by atomic mass is 16.5. The van der Waals surface area contributed by atoms with Crippen LogP contribution < -0.4 is 4.74 Å². The molecule has 6 heteroatoms. The maximum absolute atomic E-state index is 10.6. The molecular formula is C23H27N3O3. The number of nitrogens with one attached hydrogen (secondary N) is 1. The summed E-state index contributed by atoms with van der Waals surface area (Å²) in [4.78, 5) is 2.35. The van der Waals surface area contributed by atoms with E-state index in [0.717, 1.165) is 36.5 Å². The molecule has 3 aromatic rings. The van der Waals surface area contributed by atoms with Crippen molar-refractivity contribution in [2.75, 3.05) is 26.2 Å². The Balaban J connectivity index is 1.42. The second-order valence-corrected chi connectivity index (χ2v) is 7.57. The lowest BCUT2D eigenvalue weighted by Crippen LogP contribution is -2.46. The summed E-state index contributed by atoms with van der Waals surface area (Å²) in [5.41, 5.74) is 3.48. The number of nitrogens with zero attached hydrogens (tertiary/aromatic N) is 2. The molecule has 0 bridgehead atoms. The first-order valence-corrected chi connectivity index (χ1v) is 10.0. The molecule has 2 N–H and O–H groups in total. The van der Waals surface area contributed by atoms with Gasteiger partial charge in [-0.3, -0.25) is 10.00 Å². The van der Waals surface area contributed by atoms with Gasteiger partial charge in [-0.1, -0.05) is 30.3 Å². The lowest BCUT2D eigenvalue weighted by atomic mass is 10.0. The topological polar surface area (TPSA) is 70.6 Å². The van der Waals surface area contributed by atoms with Gasteiger partial charge in [0.2, 0.25) is 0 Å². The third kappa shape index (κ3) is 4.60. The predicted molar refractivity (Wildman–Crippen MR) is 113 cm³/mol. The molecule has 1 fully saturated rings. The summed E-state index contributed by atoms with van der Waals surface area (Å²) in [6.07, 6.45) is 2.27. The number of aromatic hydroxyl groups is 1. The van der Waals surface area contributed by atoms with E-state index >= 15 is 0 Å². The number of hydrogen-bond acceptors (Lipinski definition) is 5. The zero-order valence-corrected chi connectivity index (χ0v) is 16.8. The minimum atomic E-state index is 0.164. The van der Waals surface area contributed by atoms with Crippen LogP contribution in [-0.4, -0.2) is 58.7 Å². The standard InChI is InChI=1S/C23H27N3O3/c1-16-14-26(15-17(2)29-16)10-11-28-19-8-9-20(22(27)12-19)23-21(13-24-25-23)18-6-4-3-5-7-18/h3-9,12-13,16-17,27H,10-11,14-15H2,1-2H3,(H,24,25)/t16-,17-/m0/s1. The quantitative estimate of drug-likeness (QED) is 0.664. The van der Waals surface area contributed by atoms with Crippen molar-refractivity contribution in [1.29, 1.82) is 0 Å². The summed E-state index contributed by atoms with van der Waals surface area (Å²) in [5, 5.41) is 17.8. The van der Waals surface area contributed by atoms with Crippen LogP contribution >= 0.6 is 0 Å². The first-order valence-electron chi connectivity index (χ1n) is 10.0. The molecule has 0 unspecified atom stereocenters. The third-order valence-electron chi connectivity index (χ3n) is 5.13. The fraction of sp³-hybridized carbons (Fsp3) is 0.348. The summed E-state index contributed by atoms with van der Waals surface area (Å²) in [6.45, 7) is 7.43. The first kappa shape index (κ1) is 19.5. The predicted octanol–water partition coefficient (Wildman–Crippen LogP) is 3.94. The van der Waals surface area contributed by atoms with Crippen molar-refractivity contribution in [3.8, 4) is 33.9 Å². The number of phenolic OH excluding ortho intramolecular Hbond substituents is 1. The molecule has 0 amide bonds. The summed E-state index contributed by atoms with van der Waals surface area (Å²) >= 11 is 0. The van der Waals surface area contributed by atoms with E-state index in [0.29, 0.717) is 17.9 Å². The van der Waals surface area contributed by atoms with Crippen molar-refractivity contribution in [2.45, 2.75) is 26.1 Å². The SMILES string of the molecule is C[C@H]1CN(CCOc2ccc(-c3[nH]ncc3-c3ccccc3)c(O)c2)C[C@H](C)O1. The van der Waals surface area contributed by atoms with Crippen molar-refractivity contribution in [2.24, 2.45) is 0 Å². The second-order valence-electron chi connectivity index (χ2n) is 7.57. The van der Waals surface area contributed by atoms with Gasteiger partial charge in [0.05, 0.1) is 24.1 Å². The summed E-state index contributed by atoms with van der Waals surface area (Å²) in [7, 11) is 0. The van der Waals surface area contributed by atoms with Crippen LogP contribution in [0.2, 0.25) is 0 Å². The van der Waals surface area contributed by atoms with Crippen LogP contribution in [0.25, 0.3) is 22.4 Å². The lowest BCUT2D eigenvalue weighted by molar-refractivity contribution is -0.0699. The minimum Gasteiger partial charge on any atom is -0.507 e. The van der Waals surface area contributed by atoms with Crippen molar-refractivity contribution < 1.29 is 14.6 Å². The van der Waals surface area contributed by atoms with E-state index in [4.69, 9.17) is 9.47 Å². The van der Waals surface area contributed by atoms with Crippen LogP contribution in [0.4, 0.5) is 0 Å². The summed E-state index contributed by atoms with van der Waals surface area (Å²) in [6, 6.07) is 15.4. The summed E-state index contributed by atoms with van der Waals surface area (Å²) < 4.78 is 11.6. The van der Waals surface area contributed by atoms with Gasteiger partial charge in [-0.05, 0) is 31.5 Å². The lowest BCUT2D eigenvalue weighted by Gasteiger charge is -2.35. The highest BCUT2D eigenvalue weighted by Crippen LogP contribution is 2.36. The van der Waals surface area contributed by atoms with Crippen molar-refractivity contribution in [3.63, 3.8) is 0 Å². The Bertz CT molecular complexity index is 932. The van der Waals surface area contributed by atoms with E-state index in [9.17, 15) is 5.11 Å². The first-order chi connectivity index (χ1) is 14.1. The van der Waals surface area contributed by atoms with Gasteiger partial charge in [0.25, 0.3) is 0 Å². The average molecular weight is 393 g/mol. The highest BCUT2D eigenvalue weighted by molar-refractivity contribution is 5.83. The second kappa shape index (κ2) is 8.68. The molecule has 1 aliphatic rings. The molecule has 2 aromatic carbocycles. The van der Waals surface area contributed by atoms with Crippen molar-refractivity contribution >= 4 is 0 Å². The number of phenols is 1. The van der Waals surface area contributed by atoms with E-state index in [1.807, 2.05) is 42.5 Å². The zero-order valence-electron chi connectivity index (χ0n) is 16.8. The molecule has 1 aromatic heterocycles. The molecular weight excluding hydrogens is 366 g/mol. The van der Waals surface area contributed by atoms with Crippen LogP contribution in [0, 0.1) is 0 Å². The Kier molecular flexibility index (Phi) is 5.83. The number of rotatable bonds is 6. The summed E-state index contributed by atoms with van der Waals surface area (Å²) in [5.74, 6) is 0.818. The van der Waals surface area contributed by atoms with E-state index < -0.39 is 0 Å². The maximum Gasteiger partial charge on any atom is 0.128 e. The van der Waals surface area contributed by atoms with Crippen molar-refractivity contribution in [3.05, 3.63) is 54.7 Å². The fourth-order valence-corrected chi connectivity index (χ4v) is 3.90. The Morgan fingerprint density at radius 3 is 2.59 bits per heavy atom. The van der Waals surface area contributed by atoms with Crippen LogP contribution in [0.15, 0.2) is 54.7 Å². The average Bonchev–Trinajstić information content (AvgIpc) is 3.17. The fourth-order valence-electron chi connectivity index (χ4n) is 3.90. The Hall–Kier alpha value is -2.83. The molecule has 1 saturated heterocycles. The normalized spacial score (nSPS) is 19.9. The number of hydrogen-bond donors (Lipinski definition) is 2. The van der Waals surface area contributed by atoms with Gasteiger partial charge in [-0.2, -0.15) is 5.10 Å². The molecule has 152 valence electrons. The number of H-pyrrole nitrogens is 1. The van der Waals surface area contributed by atoms with Gasteiger partial charge >= 0.3 is 0 Å². The smallest absolute Gasteiger partial charge is 0.128 e. The van der Waals surface area contributed by atoms with Gasteiger partial charge in [0.1, 0.15) is 18.1 Å². The molecule has 0 spiro atoms. The number of morpholine rings is 1. The van der Waals surface area contributed by atoms with E-state index in [-0.39, 0.29) is 18.0 Å². The molecule has 0 saturated carbocycles. The number of aromatic nitrogens is 2. The van der Waals surface area contributed by atoms with E-state index in [1.165, 1.54) is 0 Å². The molecule has 29 heavy (non-hydrogen) atoms. The van der Waals surface area contributed by atoms with Crippen LogP contribution in [-0.2, 0) is 4.74 Å². The maximum atomic E-state index is 10.6. The van der Waals surface area contributed by atoms with E-state index in [1.54, 1.807) is 12.3 Å². The van der Waals surface area contributed by atoms with Gasteiger partial charge in [-0.25, -0.2) is 0 Å². The van der Waals surface area contributed by atoms with Crippen molar-refractivity contribution in [1.82, 2.24) is 15.1 Å². The minimum absolute atomic E-state index is 0.164. The van der Waals surface area contributed by atoms with E-state index in [2.05, 4.69) is 28.9 Å². The van der Waals surface area contributed by atoms with Gasteiger partial charge in [0.15, 0.2) is 0 Å². The third-order valence-corrected chi connectivity index (χ3v) is 5.13. The van der Waals surface area contributed by atoms with Gasteiger partial charge in [-0.15, -0.1) is 0 Å². The van der Waals surface area contributed by atoms with Crippen LogP contribution in [0.5, 0.6) is 11.5 Å². The molecule has 0 radical (unpaired) electrons. The van der Waals surface area contributed by atoms with Gasteiger partial charge in [0, 0.05) is 36.8 Å². The Labute approximate surface area is 171 Å². The molecule has 2 heterocycles. The molecule has 6 nitrogen and oxygen atoms in total. The Morgan fingerprint density at radius 1 is 1.10 bits per heavy atom.